The number of amides is 1. The fourth-order valence-corrected chi connectivity index (χ4v) is 3.07. The maximum Gasteiger partial charge on any atom is 0.410 e. The first-order valence-electron chi connectivity index (χ1n) is 7.95. The number of rotatable bonds is 3. The lowest BCUT2D eigenvalue weighted by molar-refractivity contribution is -0.145. The lowest BCUT2D eigenvalue weighted by atomic mass is 10.1. The summed E-state index contributed by atoms with van der Waals surface area (Å²) in [5.41, 5.74) is 0.173. The second-order valence-corrected chi connectivity index (χ2v) is 7.83. The molecule has 1 amide bonds. The van der Waals surface area contributed by atoms with Gasteiger partial charge in [0.2, 0.25) is 0 Å². The molecular formula is C17H22Cl2N2O4. The van der Waals surface area contributed by atoms with Crippen LogP contribution in [0, 0.1) is 0 Å². The van der Waals surface area contributed by atoms with Crippen molar-refractivity contribution in [2.45, 2.75) is 39.0 Å². The Labute approximate surface area is 157 Å². The van der Waals surface area contributed by atoms with Crippen molar-refractivity contribution in [1.82, 2.24) is 9.80 Å². The van der Waals surface area contributed by atoms with Gasteiger partial charge >= 0.3 is 12.1 Å². The Morgan fingerprint density at radius 1 is 1.28 bits per heavy atom. The molecule has 0 aliphatic carbocycles. The summed E-state index contributed by atoms with van der Waals surface area (Å²) in [4.78, 5) is 27.1. The van der Waals surface area contributed by atoms with Gasteiger partial charge < -0.3 is 14.7 Å². The molecule has 6 nitrogen and oxygen atoms in total. The highest BCUT2D eigenvalue weighted by Crippen LogP contribution is 2.24. The van der Waals surface area contributed by atoms with Crippen LogP contribution < -0.4 is 0 Å². The van der Waals surface area contributed by atoms with E-state index in [1.165, 1.54) is 4.90 Å². The highest BCUT2D eigenvalue weighted by molar-refractivity contribution is 6.35. The van der Waals surface area contributed by atoms with Crippen molar-refractivity contribution in [1.29, 1.82) is 0 Å². The minimum absolute atomic E-state index is 0.0649. The average molecular weight is 389 g/mol. The van der Waals surface area contributed by atoms with Gasteiger partial charge in [-0.05, 0) is 38.5 Å². The van der Waals surface area contributed by atoms with E-state index in [0.717, 1.165) is 5.56 Å². The first-order chi connectivity index (χ1) is 11.6. The molecule has 1 aliphatic heterocycles. The number of carbonyl (C=O) groups excluding carboxylic acids is 1. The quantitative estimate of drug-likeness (QED) is 0.857. The largest absolute Gasteiger partial charge is 0.480 e. The average Bonchev–Trinajstić information content (AvgIpc) is 2.48. The van der Waals surface area contributed by atoms with Crippen molar-refractivity contribution in [3.05, 3.63) is 33.8 Å². The fourth-order valence-electron chi connectivity index (χ4n) is 2.61. The molecule has 0 radical (unpaired) electrons. The van der Waals surface area contributed by atoms with Crippen LogP contribution in [-0.4, -0.2) is 58.2 Å². The maximum atomic E-state index is 12.2. The molecule has 1 aliphatic rings. The first kappa shape index (κ1) is 19.8. The van der Waals surface area contributed by atoms with Gasteiger partial charge in [0.25, 0.3) is 0 Å². The molecule has 0 saturated carbocycles. The van der Waals surface area contributed by atoms with E-state index in [0.29, 0.717) is 29.7 Å². The van der Waals surface area contributed by atoms with Crippen LogP contribution in [0.2, 0.25) is 10.0 Å². The summed E-state index contributed by atoms with van der Waals surface area (Å²) in [6, 6.07) is 4.30. The van der Waals surface area contributed by atoms with Crippen molar-refractivity contribution in [3.8, 4) is 0 Å². The third-order valence-corrected chi connectivity index (χ3v) is 4.40. The predicted octanol–water partition coefficient (Wildman–Crippen LogP) is 3.50. The molecule has 0 spiro atoms. The first-order valence-corrected chi connectivity index (χ1v) is 8.71. The maximum absolute atomic E-state index is 12.2. The molecule has 0 aromatic heterocycles. The zero-order valence-electron chi connectivity index (χ0n) is 14.5. The monoisotopic (exact) mass is 388 g/mol. The van der Waals surface area contributed by atoms with Gasteiger partial charge in [-0.1, -0.05) is 29.3 Å². The number of nitrogens with zero attached hydrogens (tertiary/aromatic N) is 2. The number of hydrogen-bond acceptors (Lipinski definition) is 4. The highest BCUT2D eigenvalue weighted by Gasteiger charge is 2.36. The third kappa shape index (κ3) is 5.49. The van der Waals surface area contributed by atoms with E-state index in [-0.39, 0.29) is 6.54 Å². The van der Waals surface area contributed by atoms with E-state index in [9.17, 15) is 14.7 Å². The molecule has 1 atom stereocenters. The molecule has 138 valence electrons. The van der Waals surface area contributed by atoms with Crippen LogP contribution in [0.4, 0.5) is 4.79 Å². The number of hydrogen-bond donors (Lipinski definition) is 1. The smallest absolute Gasteiger partial charge is 0.410 e. The van der Waals surface area contributed by atoms with Crippen molar-refractivity contribution >= 4 is 35.3 Å². The van der Waals surface area contributed by atoms with Crippen LogP contribution in [0.1, 0.15) is 26.3 Å². The molecule has 1 aromatic rings. The van der Waals surface area contributed by atoms with Gasteiger partial charge in [-0.2, -0.15) is 0 Å². The summed E-state index contributed by atoms with van der Waals surface area (Å²) in [5.74, 6) is -0.988. The van der Waals surface area contributed by atoms with Crippen LogP contribution in [0.25, 0.3) is 0 Å². The second-order valence-electron chi connectivity index (χ2n) is 6.99. The summed E-state index contributed by atoms with van der Waals surface area (Å²) < 4.78 is 5.33. The lowest BCUT2D eigenvalue weighted by Gasteiger charge is -2.39. The van der Waals surface area contributed by atoms with E-state index in [2.05, 4.69) is 0 Å². The molecule has 1 saturated heterocycles. The van der Waals surface area contributed by atoms with Gasteiger partial charge in [-0.3, -0.25) is 9.69 Å². The Kier molecular flexibility index (Phi) is 6.19. The van der Waals surface area contributed by atoms with Crippen molar-refractivity contribution in [3.63, 3.8) is 0 Å². The van der Waals surface area contributed by atoms with Crippen LogP contribution in [-0.2, 0) is 16.1 Å². The Bertz CT molecular complexity index is 661. The van der Waals surface area contributed by atoms with E-state index >= 15 is 0 Å². The highest BCUT2D eigenvalue weighted by atomic mass is 35.5. The fraction of sp³-hybridized carbons (Fsp3) is 0.529. The number of benzene rings is 1. The van der Waals surface area contributed by atoms with Crippen molar-refractivity contribution in [2.24, 2.45) is 0 Å². The Morgan fingerprint density at radius 2 is 1.96 bits per heavy atom. The van der Waals surface area contributed by atoms with Gasteiger partial charge in [-0.15, -0.1) is 0 Å². The molecule has 25 heavy (non-hydrogen) atoms. The Balaban J connectivity index is 2.09. The van der Waals surface area contributed by atoms with Crippen LogP contribution in [0.5, 0.6) is 0 Å². The molecule has 1 aromatic carbocycles. The molecule has 0 bridgehead atoms. The number of halogens is 2. The number of carboxylic acid groups (broad SMARTS) is 1. The Morgan fingerprint density at radius 3 is 2.52 bits per heavy atom. The number of ether oxygens (including phenoxy) is 1. The summed E-state index contributed by atoms with van der Waals surface area (Å²) in [6.07, 6.45) is -0.497. The molecule has 2 rings (SSSR count). The van der Waals surface area contributed by atoms with E-state index in [1.807, 2.05) is 0 Å². The third-order valence-electron chi connectivity index (χ3n) is 3.82. The summed E-state index contributed by atoms with van der Waals surface area (Å²) in [6.45, 7) is 6.57. The van der Waals surface area contributed by atoms with E-state index in [4.69, 9.17) is 27.9 Å². The molecule has 0 unspecified atom stereocenters. The molecular weight excluding hydrogens is 367 g/mol. The van der Waals surface area contributed by atoms with Crippen LogP contribution in [0.15, 0.2) is 18.2 Å². The summed E-state index contributed by atoms with van der Waals surface area (Å²) in [5, 5.41) is 10.6. The van der Waals surface area contributed by atoms with Gasteiger partial charge in [0.05, 0.1) is 6.54 Å². The normalized spacial score (nSPS) is 18.9. The van der Waals surface area contributed by atoms with Crippen LogP contribution >= 0.6 is 23.2 Å². The number of aliphatic carboxylic acids is 1. The minimum Gasteiger partial charge on any atom is -0.480 e. The zero-order valence-corrected chi connectivity index (χ0v) is 16.0. The minimum atomic E-state index is -0.988. The predicted molar refractivity (Wildman–Crippen MR) is 96.1 cm³/mol. The van der Waals surface area contributed by atoms with E-state index < -0.39 is 23.7 Å². The van der Waals surface area contributed by atoms with Crippen LogP contribution in [0.3, 0.4) is 0 Å². The van der Waals surface area contributed by atoms with Crippen molar-refractivity contribution < 1.29 is 19.4 Å². The summed E-state index contributed by atoms with van der Waals surface area (Å²) in [7, 11) is 0. The molecule has 8 heteroatoms. The molecule has 1 fully saturated rings. The molecule has 1 N–H and O–H groups in total. The van der Waals surface area contributed by atoms with E-state index in [1.54, 1.807) is 43.9 Å². The zero-order chi connectivity index (χ0) is 18.8. The van der Waals surface area contributed by atoms with Gasteiger partial charge in [-0.25, -0.2) is 4.79 Å². The topological polar surface area (TPSA) is 70.1 Å². The second kappa shape index (κ2) is 7.81. The van der Waals surface area contributed by atoms with Gasteiger partial charge in [0.1, 0.15) is 11.6 Å². The van der Waals surface area contributed by atoms with Gasteiger partial charge in [0, 0.05) is 29.7 Å². The lowest BCUT2D eigenvalue weighted by Crippen LogP contribution is -2.57. The Hall–Kier alpha value is -1.50. The summed E-state index contributed by atoms with van der Waals surface area (Å²) >= 11 is 12.1. The standard InChI is InChI=1S/C17H22Cl2N2O4/c1-17(2,3)25-16(24)21-7-6-20(14(10-21)15(22)23)9-11-4-5-12(18)8-13(11)19/h4-5,8,14H,6-7,9-10H2,1-3H3,(H,22,23)/t14-/m0/s1. The van der Waals surface area contributed by atoms with Crippen molar-refractivity contribution in [2.75, 3.05) is 19.6 Å². The molecule has 1 heterocycles. The number of carbonyl (C=O) groups is 2. The van der Waals surface area contributed by atoms with Gasteiger partial charge in [0.15, 0.2) is 0 Å². The SMILES string of the molecule is CC(C)(C)OC(=O)N1CCN(Cc2ccc(Cl)cc2Cl)[C@H](C(=O)O)C1. The number of piperazine rings is 1. The number of carboxylic acids is 1.